The number of esters is 1. The first kappa shape index (κ1) is 15.3. The first-order chi connectivity index (χ1) is 9.35. The van der Waals surface area contributed by atoms with E-state index in [4.69, 9.17) is 4.74 Å². The lowest BCUT2D eigenvalue weighted by Gasteiger charge is -2.33. The summed E-state index contributed by atoms with van der Waals surface area (Å²) in [5.41, 5.74) is -0.421. The predicted octanol–water partition coefficient (Wildman–Crippen LogP) is 3.40. The van der Waals surface area contributed by atoms with Gasteiger partial charge in [0.15, 0.2) is 0 Å². The Bertz CT molecular complexity index is 468. The molecule has 1 aliphatic heterocycles. The second-order valence-corrected chi connectivity index (χ2v) is 7.07. The molecule has 0 radical (unpaired) electrons. The van der Waals surface area contributed by atoms with Crippen molar-refractivity contribution in [3.8, 4) is 0 Å². The van der Waals surface area contributed by atoms with Crippen molar-refractivity contribution in [3.63, 3.8) is 0 Å². The fourth-order valence-corrected chi connectivity index (χ4v) is 2.55. The molecular weight excluding hydrogens is 320 g/mol. The van der Waals surface area contributed by atoms with E-state index in [1.54, 1.807) is 6.20 Å². The topological polar surface area (TPSA) is 42.4 Å². The zero-order chi connectivity index (χ0) is 14.8. The van der Waals surface area contributed by atoms with Crippen molar-refractivity contribution in [3.05, 3.63) is 22.8 Å². The molecule has 0 aliphatic carbocycles. The van der Waals surface area contributed by atoms with Gasteiger partial charge in [-0.1, -0.05) is 0 Å². The van der Waals surface area contributed by atoms with Gasteiger partial charge in [0.1, 0.15) is 11.4 Å². The van der Waals surface area contributed by atoms with Crippen molar-refractivity contribution in [1.82, 2.24) is 4.98 Å². The third-order valence-corrected chi connectivity index (χ3v) is 3.67. The number of ether oxygens (including phenoxy) is 1. The standard InChI is InChI=1S/C15H21BrN2O2/c1-15(2,3)20-14(19)11-5-4-8-18(10-11)13-7-6-12(16)9-17-13/h6-7,9,11H,4-5,8,10H2,1-3H3. The Kier molecular flexibility index (Phi) is 4.68. The van der Waals surface area contributed by atoms with Gasteiger partial charge >= 0.3 is 5.97 Å². The second-order valence-electron chi connectivity index (χ2n) is 6.15. The zero-order valence-electron chi connectivity index (χ0n) is 12.2. The summed E-state index contributed by atoms with van der Waals surface area (Å²) in [5.74, 6) is 0.759. The summed E-state index contributed by atoms with van der Waals surface area (Å²) in [4.78, 5) is 18.7. The molecule has 4 nitrogen and oxygen atoms in total. The zero-order valence-corrected chi connectivity index (χ0v) is 13.8. The summed E-state index contributed by atoms with van der Waals surface area (Å²) in [5, 5.41) is 0. The third-order valence-electron chi connectivity index (χ3n) is 3.20. The molecule has 1 aliphatic rings. The van der Waals surface area contributed by atoms with E-state index in [1.165, 1.54) is 0 Å². The second kappa shape index (κ2) is 6.12. The number of halogens is 1. The third kappa shape index (κ3) is 4.20. The summed E-state index contributed by atoms with van der Waals surface area (Å²) in [6.45, 7) is 7.34. The number of rotatable bonds is 2. The van der Waals surface area contributed by atoms with Crippen LogP contribution in [0.5, 0.6) is 0 Å². The Morgan fingerprint density at radius 3 is 2.80 bits per heavy atom. The molecule has 1 saturated heterocycles. The Hall–Kier alpha value is -1.10. The fourth-order valence-electron chi connectivity index (χ4n) is 2.32. The van der Waals surface area contributed by atoms with Gasteiger partial charge in [-0.05, 0) is 61.7 Å². The van der Waals surface area contributed by atoms with Crippen molar-refractivity contribution < 1.29 is 9.53 Å². The number of anilines is 1. The molecule has 5 heteroatoms. The van der Waals surface area contributed by atoms with Gasteiger partial charge in [-0.15, -0.1) is 0 Å². The highest BCUT2D eigenvalue weighted by atomic mass is 79.9. The fraction of sp³-hybridized carbons (Fsp3) is 0.600. The molecular formula is C15H21BrN2O2. The molecule has 110 valence electrons. The lowest BCUT2D eigenvalue weighted by Crippen LogP contribution is -2.41. The molecule has 2 heterocycles. The van der Waals surface area contributed by atoms with E-state index in [1.807, 2.05) is 32.9 Å². The lowest BCUT2D eigenvalue weighted by atomic mass is 9.98. The number of hydrogen-bond donors (Lipinski definition) is 0. The number of nitrogens with zero attached hydrogens (tertiary/aromatic N) is 2. The number of hydrogen-bond acceptors (Lipinski definition) is 4. The molecule has 1 fully saturated rings. The van der Waals surface area contributed by atoms with Gasteiger partial charge in [-0.2, -0.15) is 0 Å². The highest BCUT2D eigenvalue weighted by molar-refractivity contribution is 9.10. The van der Waals surface area contributed by atoms with Crippen LogP contribution in [0.3, 0.4) is 0 Å². The van der Waals surface area contributed by atoms with E-state index in [-0.39, 0.29) is 11.9 Å². The van der Waals surface area contributed by atoms with Gasteiger partial charge < -0.3 is 9.64 Å². The Balaban J connectivity index is 2.01. The summed E-state index contributed by atoms with van der Waals surface area (Å²) >= 11 is 3.38. The van der Waals surface area contributed by atoms with Crippen LogP contribution in [-0.2, 0) is 9.53 Å². The maximum atomic E-state index is 12.2. The van der Waals surface area contributed by atoms with Gasteiger partial charge in [0.2, 0.25) is 0 Å². The SMILES string of the molecule is CC(C)(C)OC(=O)C1CCCN(c2ccc(Br)cn2)C1. The van der Waals surface area contributed by atoms with E-state index < -0.39 is 5.60 Å². The van der Waals surface area contributed by atoms with Gasteiger partial charge in [0.05, 0.1) is 5.92 Å². The first-order valence-electron chi connectivity index (χ1n) is 6.94. The highest BCUT2D eigenvalue weighted by Gasteiger charge is 2.30. The quantitative estimate of drug-likeness (QED) is 0.774. The molecule has 1 aromatic rings. The van der Waals surface area contributed by atoms with E-state index in [2.05, 4.69) is 25.8 Å². The molecule has 2 rings (SSSR count). The molecule has 0 bridgehead atoms. The van der Waals surface area contributed by atoms with Crippen LogP contribution in [0.4, 0.5) is 5.82 Å². The Morgan fingerprint density at radius 2 is 2.20 bits per heavy atom. The van der Waals surface area contributed by atoms with E-state index >= 15 is 0 Å². The summed E-state index contributed by atoms with van der Waals surface area (Å²) in [6.07, 6.45) is 3.66. The average molecular weight is 341 g/mol. The first-order valence-corrected chi connectivity index (χ1v) is 7.74. The van der Waals surface area contributed by atoms with Gasteiger partial charge in [0, 0.05) is 23.8 Å². The smallest absolute Gasteiger partial charge is 0.311 e. The minimum absolute atomic E-state index is 0.0616. The molecule has 0 amide bonds. The predicted molar refractivity (Wildman–Crippen MR) is 82.7 cm³/mol. The summed E-state index contributed by atoms with van der Waals surface area (Å²) < 4.78 is 6.45. The maximum absolute atomic E-state index is 12.2. The maximum Gasteiger partial charge on any atom is 0.311 e. The van der Waals surface area contributed by atoms with Crippen LogP contribution in [0.25, 0.3) is 0 Å². The van der Waals surface area contributed by atoms with Crippen LogP contribution in [-0.4, -0.2) is 29.6 Å². The number of pyridine rings is 1. The van der Waals surface area contributed by atoms with Crippen LogP contribution in [0.1, 0.15) is 33.6 Å². The van der Waals surface area contributed by atoms with Crippen LogP contribution in [0.15, 0.2) is 22.8 Å². The number of carbonyl (C=O) groups excluding carboxylic acids is 1. The van der Waals surface area contributed by atoms with Crippen molar-refractivity contribution in [2.45, 2.75) is 39.2 Å². The molecule has 0 spiro atoms. The van der Waals surface area contributed by atoms with E-state index in [0.29, 0.717) is 6.54 Å². The average Bonchev–Trinajstić information content (AvgIpc) is 2.38. The largest absolute Gasteiger partial charge is 0.460 e. The molecule has 20 heavy (non-hydrogen) atoms. The normalized spacial score (nSPS) is 19.8. The van der Waals surface area contributed by atoms with E-state index in [9.17, 15) is 4.79 Å². The lowest BCUT2D eigenvalue weighted by molar-refractivity contribution is -0.160. The van der Waals surface area contributed by atoms with Crippen LogP contribution in [0, 0.1) is 5.92 Å². The Morgan fingerprint density at radius 1 is 1.45 bits per heavy atom. The molecule has 1 atom stereocenters. The Labute approximate surface area is 128 Å². The molecule has 0 aromatic carbocycles. The van der Waals surface area contributed by atoms with Crippen LogP contribution >= 0.6 is 15.9 Å². The van der Waals surface area contributed by atoms with Gasteiger partial charge in [-0.25, -0.2) is 4.98 Å². The molecule has 1 unspecified atom stereocenters. The highest BCUT2D eigenvalue weighted by Crippen LogP contribution is 2.24. The number of carbonyl (C=O) groups is 1. The van der Waals surface area contributed by atoms with E-state index in [0.717, 1.165) is 29.7 Å². The molecule has 0 saturated carbocycles. The number of aromatic nitrogens is 1. The minimum Gasteiger partial charge on any atom is -0.460 e. The van der Waals surface area contributed by atoms with Crippen molar-refractivity contribution in [2.24, 2.45) is 5.92 Å². The van der Waals surface area contributed by atoms with Gasteiger partial charge in [-0.3, -0.25) is 4.79 Å². The molecule has 1 aromatic heterocycles. The van der Waals surface area contributed by atoms with Gasteiger partial charge in [0.25, 0.3) is 0 Å². The van der Waals surface area contributed by atoms with Crippen LogP contribution < -0.4 is 4.90 Å². The summed E-state index contributed by atoms with van der Waals surface area (Å²) in [7, 11) is 0. The monoisotopic (exact) mass is 340 g/mol. The minimum atomic E-state index is -0.421. The summed E-state index contributed by atoms with van der Waals surface area (Å²) in [6, 6.07) is 3.95. The molecule has 0 N–H and O–H groups in total. The van der Waals surface area contributed by atoms with Crippen molar-refractivity contribution in [1.29, 1.82) is 0 Å². The van der Waals surface area contributed by atoms with Crippen molar-refractivity contribution in [2.75, 3.05) is 18.0 Å². The van der Waals surface area contributed by atoms with Crippen molar-refractivity contribution >= 4 is 27.7 Å². The number of piperidine rings is 1. The van der Waals surface area contributed by atoms with Crippen LogP contribution in [0.2, 0.25) is 0 Å².